The lowest BCUT2D eigenvalue weighted by Gasteiger charge is -2.12. The lowest BCUT2D eigenvalue weighted by Crippen LogP contribution is -2.21. The van der Waals surface area contributed by atoms with Crippen molar-refractivity contribution in [2.45, 2.75) is 6.92 Å². The first-order chi connectivity index (χ1) is 14.6. The molecule has 1 amide bonds. The molecule has 0 aliphatic heterocycles. The lowest BCUT2D eigenvalue weighted by atomic mass is 10.1. The van der Waals surface area contributed by atoms with Gasteiger partial charge in [-0.05, 0) is 37.3 Å². The van der Waals surface area contributed by atoms with E-state index in [1.807, 2.05) is 48.5 Å². The molecule has 1 N–H and O–H groups in total. The Morgan fingerprint density at radius 2 is 1.60 bits per heavy atom. The summed E-state index contributed by atoms with van der Waals surface area (Å²) in [6.07, 6.45) is 0. The summed E-state index contributed by atoms with van der Waals surface area (Å²) in [6, 6.07) is 23.6. The fourth-order valence-electron chi connectivity index (χ4n) is 3.03. The molecule has 30 heavy (non-hydrogen) atoms. The van der Waals surface area contributed by atoms with Crippen LogP contribution in [-0.4, -0.2) is 18.5 Å². The first-order valence-corrected chi connectivity index (χ1v) is 9.39. The Kier molecular flexibility index (Phi) is 5.48. The quantitative estimate of drug-likeness (QED) is 0.442. The second kappa shape index (κ2) is 8.53. The molecule has 150 valence electrons. The number of aryl methyl sites for hydroxylation is 1. The van der Waals surface area contributed by atoms with Crippen LogP contribution in [0.4, 0.5) is 5.69 Å². The number of hydrogen-bond acceptors (Lipinski definition) is 5. The highest BCUT2D eigenvalue weighted by molar-refractivity contribution is 5.98. The maximum absolute atomic E-state index is 12.4. The van der Waals surface area contributed by atoms with E-state index in [2.05, 4.69) is 5.32 Å². The zero-order valence-electron chi connectivity index (χ0n) is 16.3. The van der Waals surface area contributed by atoms with E-state index in [4.69, 9.17) is 13.9 Å². The Bertz CT molecular complexity index is 1200. The topological polar surface area (TPSA) is 77.8 Å². The fourth-order valence-corrected chi connectivity index (χ4v) is 3.03. The van der Waals surface area contributed by atoms with Crippen LogP contribution in [0.5, 0.6) is 11.5 Å². The van der Waals surface area contributed by atoms with Gasteiger partial charge in [-0.3, -0.25) is 4.79 Å². The van der Waals surface area contributed by atoms with Gasteiger partial charge in [0.25, 0.3) is 5.91 Å². The smallest absolute Gasteiger partial charge is 0.375 e. The highest BCUT2D eigenvalue weighted by Crippen LogP contribution is 2.29. The third-order valence-electron chi connectivity index (χ3n) is 4.50. The second-order valence-electron chi connectivity index (χ2n) is 6.59. The van der Waals surface area contributed by atoms with Gasteiger partial charge < -0.3 is 19.2 Å². The van der Waals surface area contributed by atoms with Crippen molar-refractivity contribution in [1.82, 2.24) is 0 Å². The highest BCUT2D eigenvalue weighted by atomic mass is 16.5. The molecule has 0 saturated heterocycles. The van der Waals surface area contributed by atoms with Gasteiger partial charge in [-0.2, -0.15) is 0 Å². The van der Waals surface area contributed by atoms with Gasteiger partial charge in [-0.25, -0.2) is 4.79 Å². The monoisotopic (exact) mass is 401 g/mol. The molecule has 1 aromatic heterocycles. The number of furan rings is 1. The summed E-state index contributed by atoms with van der Waals surface area (Å²) in [5, 5.41) is 3.54. The van der Waals surface area contributed by atoms with Crippen molar-refractivity contribution in [1.29, 1.82) is 0 Å². The minimum absolute atomic E-state index is 0.0943. The van der Waals surface area contributed by atoms with Crippen LogP contribution in [-0.2, 0) is 9.53 Å². The van der Waals surface area contributed by atoms with Crippen LogP contribution in [0.15, 0.2) is 83.3 Å². The predicted octanol–water partition coefficient (Wildman–Crippen LogP) is 5.33. The van der Waals surface area contributed by atoms with E-state index in [1.54, 1.807) is 37.3 Å². The van der Waals surface area contributed by atoms with Gasteiger partial charge in [-0.1, -0.05) is 48.5 Å². The molecular weight excluding hydrogens is 382 g/mol. The number of carbonyl (C=O) groups excluding carboxylic acids is 2. The molecule has 0 unspecified atom stereocenters. The number of carbonyl (C=O) groups is 2. The van der Waals surface area contributed by atoms with Crippen LogP contribution in [0.25, 0.3) is 11.0 Å². The van der Waals surface area contributed by atoms with Gasteiger partial charge in [0.2, 0.25) is 5.76 Å². The Morgan fingerprint density at radius 1 is 0.900 bits per heavy atom. The molecule has 0 bridgehead atoms. The van der Waals surface area contributed by atoms with Crippen molar-refractivity contribution >= 4 is 28.5 Å². The number of benzene rings is 3. The van der Waals surface area contributed by atoms with Crippen molar-refractivity contribution in [3.05, 3.63) is 90.2 Å². The summed E-state index contributed by atoms with van der Waals surface area (Å²) in [6.45, 7) is 1.33. The summed E-state index contributed by atoms with van der Waals surface area (Å²) in [4.78, 5) is 24.7. The van der Waals surface area contributed by atoms with E-state index in [-0.39, 0.29) is 5.76 Å². The van der Waals surface area contributed by atoms with E-state index in [0.717, 1.165) is 5.39 Å². The zero-order valence-corrected chi connectivity index (χ0v) is 16.3. The number of anilines is 1. The van der Waals surface area contributed by atoms with Gasteiger partial charge in [0, 0.05) is 10.9 Å². The molecule has 1 heterocycles. The van der Waals surface area contributed by atoms with Crippen LogP contribution in [0, 0.1) is 6.92 Å². The van der Waals surface area contributed by atoms with Crippen LogP contribution in [0.1, 0.15) is 16.1 Å². The summed E-state index contributed by atoms with van der Waals surface area (Å²) in [5.41, 5.74) is 1.75. The van der Waals surface area contributed by atoms with E-state index in [1.165, 1.54) is 0 Å². The first-order valence-electron chi connectivity index (χ1n) is 9.39. The van der Waals surface area contributed by atoms with Crippen molar-refractivity contribution in [3.8, 4) is 11.5 Å². The molecule has 0 radical (unpaired) electrons. The summed E-state index contributed by atoms with van der Waals surface area (Å²) in [5.74, 6) is 0.0493. The Morgan fingerprint density at radius 3 is 2.40 bits per heavy atom. The van der Waals surface area contributed by atoms with Crippen molar-refractivity contribution < 1.29 is 23.5 Å². The molecule has 0 atom stereocenters. The van der Waals surface area contributed by atoms with Crippen LogP contribution >= 0.6 is 0 Å². The normalized spacial score (nSPS) is 10.6. The number of hydrogen-bond donors (Lipinski definition) is 1. The molecule has 6 nitrogen and oxygen atoms in total. The van der Waals surface area contributed by atoms with Crippen molar-refractivity contribution in [2.24, 2.45) is 0 Å². The number of amides is 1. The number of nitrogens with one attached hydrogen (secondary N) is 1. The summed E-state index contributed by atoms with van der Waals surface area (Å²) >= 11 is 0. The lowest BCUT2D eigenvalue weighted by molar-refractivity contribution is -0.119. The molecule has 0 fully saturated rings. The molecule has 3 aromatic carbocycles. The minimum Gasteiger partial charge on any atom is -0.455 e. The number of fused-ring (bicyclic) bond motifs is 1. The van der Waals surface area contributed by atoms with E-state index >= 15 is 0 Å². The first kappa shape index (κ1) is 19.3. The average Bonchev–Trinajstić information content (AvgIpc) is 3.11. The summed E-state index contributed by atoms with van der Waals surface area (Å²) in [7, 11) is 0. The standard InChI is InChI=1S/C24H19NO5/c1-16-18-11-5-7-13-20(18)30-23(16)24(27)28-15-22(26)25-19-12-6-8-14-21(19)29-17-9-3-2-4-10-17/h2-14H,15H2,1H3,(H,25,26). The van der Waals surface area contributed by atoms with Crippen LogP contribution in [0.3, 0.4) is 0 Å². The molecule has 4 aromatic rings. The second-order valence-corrected chi connectivity index (χ2v) is 6.59. The largest absolute Gasteiger partial charge is 0.455 e. The van der Waals surface area contributed by atoms with Gasteiger partial charge in [-0.15, -0.1) is 0 Å². The molecule has 4 rings (SSSR count). The highest BCUT2D eigenvalue weighted by Gasteiger charge is 2.20. The summed E-state index contributed by atoms with van der Waals surface area (Å²) < 4.78 is 16.5. The zero-order chi connectivity index (χ0) is 20.9. The molecule has 6 heteroatoms. The van der Waals surface area contributed by atoms with Gasteiger partial charge in [0.05, 0.1) is 5.69 Å². The van der Waals surface area contributed by atoms with E-state index in [0.29, 0.717) is 28.3 Å². The predicted molar refractivity (Wildman–Crippen MR) is 113 cm³/mol. The maximum atomic E-state index is 12.4. The van der Waals surface area contributed by atoms with E-state index in [9.17, 15) is 9.59 Å². The maximum Gasteiger partial charge on any atom is 0.375 e. The number of esters is 1. The molecule has 0 aliphatic carbocycles. The Hall–Kier alpha value is -4.06. The average molecular weight is 401 g/mol. The Labute approximate surface area is 173 Å². The van der Waals surface area contributed by atoms with Crippen molar-refractivity contribution in [3.63, 3.8) is 0 Å². The molecule has 0 aliphatic rings. The van der Waals surface area contributed by atoms with E-state index < -0.39 is 18.5 Å². The molecule has 0 spiro atoms. The number of ether oxygens (including phenoxy) is 2. The SMILES string of the molecule is Cc1c(C(=O)OCC(=O)Nc2ccccc2Oc2ccccc2)oc2ccccc12. The van der Waals surface area contributed by atoms with Gasteiger partial charge >= 0.3 is 5.97 Å². The minimum atomic E-state index is -0.687. The van der Waals surface area contributed by atoms with Crippen molar-refractivity contribution in [2.75, 3.05) is 11.9 Å². The molecular formula is C24H19NO5. The van der Waals surface area contributed by atoms with Gasteiger partial charge in [0.1, 0.15) is 11.3 Å². The third kappa shape index (κ3) is 4.17. The molecule has 0 saturated carbocycles. The fraction of sp³-hybridized carbons (Fsp3) is 0.0833. The van der Waals surface area contributed by atoms with Crippen LogP contribution in [0.2, 0.25) is 0 Å². The Balaban J connectivity index is 1.40. The van der Waals surface area contributed by atoms with Gasteiger partial charge in [0.15, 0.2) is 12.4 Å². The van der Waals surface area contributed by atoms with Crippen LogP contribution < -0.4 is 10.1 Å². The number of para-hydroxylation sites is 4. The third-order valence-corrected chi connectivity index (χ3v) is 4.50. The number of rotatable bonds is 6.